The van der Waals surface area contributed by atoms with Crippen molar-refractivity contribution < 1.29 is 45.4 Å². The number of ether oxygens (including phenoxy) is 2. The lowest BCUT2D eigenvalue weighted by Gasteiger charge is -2.41. The number of nitrogens with zero attached hydrogens (tertiary/aromatic N) is 1. The van der Waals surface area contributed by atoms with E-state index in [-0.39, 0.29) is 19.0 Å². The first-order valence-electron chi connectivity index (χ1n) is 9.51. The average Bonchev–Trinajstić information content (AvgIpc) is 2.76. The van der Waals surface area contributed by atoms with E-state index < -0.39 is 53.5 Å². The van der Waals surface area contributed by atoms with Gasteiger partial charge in [0.25, 0.3) is 0 Å². The summed E-state index contributed by atoms with van der Waals surface area (Å²) in [7, 11) is 1.09. The highest BCUT2D eigenvalue weighted by Gasteiger charge is 2.43. The average molecular weight is 476 g/mol. The van der Waals surface area contributed by atoms with Gasteiger partial charge in [-0.25, -0.2) is 14.5 Å². The highest BCUT2D eigenvalue weighted by Crippen LogP contribution is 2.39. The number of imide groups is 1. The maximum Gasteiger partial charge on any atom is 0.417 e. The summed E-state index contributed by atoms with van der Waals surface area (Å²) in [6.07, 6.45) is -10.9. The maximum absolute atomic E-state index is 13.1. The van der Waals surface area contributed by atoms with Crippen LogP contribution in [0.15, 0.2) is 48.5 Å². The third kappa shape index (κ3) is 5.32. The number of methoxy groups -OCH3 is 1. The van der Waals surface area contributed by atoms with E-state index in [1.54, 1.807) is 30.3 Å². The van der Waals surface area contributed by atoms with Gasteiger partial charge in [0.1, 0.15) is 17.9 Å². The van der Waals surface area contributed by atoms with Crippen LogP contribution in [-0.4, -0.2) is 37.3 Å². The van der Waals surface area contributed by atoms with E-state index in [1.165, 1.54) is 0 Å². The second-order valence-electron chi connectivity index (χ2n) is 7.28. The van der Waals surface area contributed by atoms with E-state index in [9.17, 15) is 35.9 Å². The number of halogens is 6. The number of nitrogens with one attached hydrogen (secondary N) is 1. The molecule has 1 N–H and O–H groups in total. The number of hydrogen-bond acceptors (Lipinski definition) is 4. The molecule has 2 aromatic carbocycles. The minimum Gasteiger partial charge on any atom is -0.491 e. The molecule has 0 saturated carbocycles. The Morgan fingerprint density at radius 2 is 1.61 bits per heavy atom. The van der Waals surface area contributed by atoms with Crippen molar-refractivity contribution in [2.45, 2.75) is 24.3 Å². The molecule has 1 saturated heterocycles. The molecule has 12 heteroatoms. The van der Waals surface area contributed by atoms with Crippen molar-refractivity contribution in [2.75, 3.05) is 20.3 Å². The van der Waals surface area contributed by atoms with Crippen molar-refractivity contribution in [1.29, 1.82) is 0 Å². The Kier molecular flexibility index (Phi) is 6.48. The number of hydrogen-bond donors (Lipinski definition) is 1. The zero-order valence-corrected chi connectivity index (χ0v) is 17.1. The van der Waals surface area contributed by atoms with Gasteiger partial charge in [-0.15, -0.1) is 0 Å². The molecule has 1 aliphatic rings. The summed E-state index contributed by atoms with van der Waals surface area (Å²) in [4.78, 5) is 25.1. The molecule has 0 radical (unpaired) electrons. The van der Waals surface area contributed by atoms with Crippen molar-refractivity contribution >= 4 is 12.1 Å². The van der Waals surface area contributed by atoms with Crippen molar-refractivity contribution in [3.63, 3.8) is 0 Å². The molecular weight excluding hydrogens is 458 g/mol. The standard InChI is InChI=1S/C21H18F6N2O4/c1-32-18(31)29-8-7-19(28-17(29)30,13-5-3-2-4-6-13)12-33-16-10-14(20(22,23)24)9-15(11-16)21(25,26)27/h2-6,9-11H,7-8,12H2,1H3,(H,28,30). The summed E-state index contributed by atoms with van der Waals surface area (Å²) < 4.78 is 88.8. The first-order valence-corrected chi connectivity index (χ1v) is 9.51. The van der Waals surface area contributed by atoms with Gasteiger partial charge in [0.2, 0.25) is 0 Å². The van der Waals surface area contributed by atoms with Crippen LogP contribution in [0.25, 0.3) is 0 Å². The van der Waals surface area contributed by atoms with Crippen LogP contribution < -0.4 is 10.1 Å². The smallest absolute Gasteiger partial charge is 0.417 e. The summed E-state index contributed by atoms with van der Waals surface area (Å²) >= 11 is 0. The van der Waals surface area contributed by atoms with Crippen LogP contribution >= 0.6 is 0 Å². The van der Waals surface area contributed by atoms with Gasteiger partial charge < -0.3 is 14.8 Å². The zero-order chi connectivity index (χ0) is 24.4. The molecule has 0 aromatic heterocycles. The molecular formula is C21H18F6N2O4. The van der Waals surface area contributed by atoms with E-state index in [0.29, 0.717) is 17.7 Å². The molecule has 1 heterocycles. The predicted molar refractivity (Wildman–Crippen MR) is 102 cm³/mol. The van der Waals surface area contributed by atoms with E-state index in [1.807, 2.05) is 0 Å². The third-order valence-corrected chi connectivity index (χ3v) is 5.12. The summed E-state index contributed by atoms with van der Waals surface area (Å²) in [5.41, 5.74) is -3.88. The molecule has 1 atom stereocenters. The largest absolute Gasteiger partial charge is 0.491 e. The SMILES string of the molecule is COC(=O)N1CCC(COc2cc(C(F)(F)F)cc(C(F)(F)F)c2)(c2ccccc2)NC1=O. The normalized spacial score (nSPS) is 19.1. The summed E-state index contributed by atoms with van der Waals surface area (Å²) in [6, 6.07) is 8.26. The molecule has 6 nitrogen and oxygen atoms in total. The molecule has 0 aliphatic carbocycles. The Labute approximate surface area is 184 Å². The van der Waals surface area contributed by atoms with Gasteiger partial charge in [0.15, 0.2) is 0 Å². The van der Waals surface area contributed by atoms with E-state index in [0.717, 1.165) is 12.0 Å². The Hall–Kier alpha value is -3.44. The summed E-state index contributed by atoms with van der Waals surface area (Å²) in [6.45, 7) is -0.608. The lowest BCUT2D eigenvalue weighted by molar-refractivity contribution is -0.143. The third-order valence-electron chi connectivity index (χ3n) is 5.12. The quantitative estimate of drug-likeness (QED) is 0.618. The maximum atomic E-state index is 13.1. The van der Waals surface area contributed by atoms with Gasteiger partial charge >= 0.3 is 24.5 Å². The van der Waals surface area contributed by atoms with Gasteiger partial charge in [-0.3, -0.25) is 0 Å². The number of rotatable bonds is 4. The van der Waals surface area contributed by atoms with Gasteiger partial charge in [0, 0.05) is 6.54 Å². The lowest BCUT2D eigenvalue weighted by Crippen LogP contribution is -2.61. The molecule has 1 unspecified atom stereocenters. The minimum atomic E-state index is -5.03. The molecule has 1 aliphatic heterocycles. The zero-order valence-electron chi connectivity index (χ0n) is 17.1. The molecule has 3 rings (SSSR count). The van der Waals surface area contributed by atoms with E-state index >= 15 is 0 Å². The fourth-order valence-corrected chi connectivity index (χ4v) is 3.40. The number of carbonyl (C=O) groups excluding carboxylic acids is 2. The van der Waals surface area contributed by atoms with Crippen molar-refractivity contribution in [2.24, 2.45) is 0 Å². The fraction of sp³-hybridized carbons (Fsp3) is 0.333. The van der Waals surface area contributed by atoms with Gasteiger partial charge in [-0.05, 0) is 30.2 Å². The number of urea groups is 1. The van der Waals surface area contributed by atoms with Crippen LogP contribution in [0.5, 0.6) is 5.75 Å². The number of carbonyl (C=O) groups is 2. The topological polar surface area (TPSA) is 67.9 Å². The summed E-state index contributed by atoms with van der Waals surface area (Å²) in [5.74, 6) is -0.669. The first kappa shape index (κ1) is 24.2. The summed E-state index contributed by atoms with van der Waals surface area (Å²) in [5, 5.41) is 2.59. The molecule has 1 fully saturated rings. The number of alkyl halides is 6. The molecule has 3 amide bonds. The van der Waals surface area contributed by atoms with Crippen LogP contribution in [0.4, 0.5) is 35.9 Å². The lowest BCUT2D eigenvalue weighted by atomic mass is 9.85. The van der Waals surface area contributed by atoms with Crippen molar-refractivity contribution in [3.05, 3.63) is 65.2 Å². The van der Waals surface area contributed by atoms with Crippen LogP contribution in [-0.2, 0) is 22.6 Å². The molecule has 0 spiro atoms. The molecule has 2 aromatic rings. The Bertz CT molecular complexity index is 993. The second kappa shape index (κ2) is 8.83. The monoisotopic (exact) mass is 476 g/mol. The molecule has 33 heavy (non-hydrogen) atoms. The predicted octanol–water partition coefficient (Wildman–Crippen LogP) is 5.18. The Morgan fingerprint density at radius 1 is 1.03 bits per heavy atom. The van der Waals surface area contributed by atoms with Crippen molar-refractivity contribution in [3.8, 4) is 5.75 Å². The van der Waals surface area contributed by atoms with Gasteiger partial charge in [-0.1, -0.05) is 30.3 Å². The minimum absolute atomic E-state index is 0.00353. The van der Waals surface area contributed by atoms with Crippen LogP contribution in [0.1, 0.15) is 23.1 Å². The van der Waals surface area contributed by atoms with Gasteiger partial charge in [0.05, 0.1) is 18.2 Å². The Balaban J connectivity index is 1.95. The number of benzene rings is 2. The number of amides is 3. The highest BCUT2D eigenvalue weighted by atomic mass is 19.4. The van der Waals surface area contributed by atoms with Crippen LogP contribution in [0.3, 0.4) is 0 Å². The molecule has 0 bridgehead atoms. The van der Waals surface area contributed by atoms with E-state index in [4.69, 9.17) is 4.74 Å². The van der Waals surface area contributed by atoms with Crippen LogP contribution in [0.2, 0.25) is 0 Å². The van der Waals surface area contributed by atoms with Gasteiger partial charge in [-0.2, -0.15) is 26.3 Å². The van der Waals surface area contributed by atoms with Crippen LogP contribution in [0, 0.1) is 0 Å². The first-order chi connectivity index (χ1) is 15.4. The molecule has 178 valence electrons. The Morgan fingerprint density at radius 3 is 2.09 bits per heavy atom. The van der Waals surface area contributed by atoms with E-state index in [2.05, 4.69) is 10.1 Å². The fourth-order valence-electron chi connectivity index (χ4n) is 3.40. The highest BCUT2D eigenvalue weighted by molar-refractivity contribution is 5.92. The van der Waals surface area contributed by atoms with Crippen molar-refractivity contribution in [1.82, 2.24) is 10.2 Å². The second-order valence-corrected chi connectivity index (χ2v) is 7.28.